The SMILES string of the molecule is Cc1ccc(C(N)C(=O)Nc2nc(C)no2)cc1. The predicted molar refractivity (Wildman–Crippen MR) is 65.8 cm³/mol. The highest BCUT2D eigenvalue weighted by Gasteiger charge is 2.17. The van der Waals surface area contributed by atoms with Crippen LogP contribution in [0.3, 0.4) is 0 Å². The van der Waals surface area contributed by atoms with Gasteiger partial charge < -0.3 is 10.3 Å². The first kappa shape index (κ1) is 12.3. The first-order valence-electron chi connectivity index (χ1n) is 5.49. The molecule has 1 aromatic heterocycles. The summed E-state index contributed by atoms with van der Waals surface area (Å²) in [6, 6.07) is 6.73. The Bertz CT molecular complexity index is 547. The molecule has 2 rings (SSSR count). The molecular formula is C12H14N4O2. The van der Waals surface area contributed by atoms with Crippen LogP contribution < -0.4 is 11.1 Å². The van der Waals surface area contributed by atoms with Crippen LogP contribution >= 0.6 is 0 Å². The van der Waals surface area contributed by atoms with Crippen LogP contribution in [0.25, 0.3) is 0 Å². The van der Waals surface area contributed by atoms with Crippen LogP contribution in [0, 0.1) is 13.8 Å². The van der Waals surface area contributed by atoms with Crippen LogP contribution in [-0.2, 0) is 4.79 Å². The van der Waals surface area contributed by atoms with E-state index in [2.05, 4.69) is 15.5 Å². The maximum atomic E-state index is 11.8. The van der Waals surface area contributed by atoms with Gasteiger partial charge in [0.25, 0.3) is 0 Å². The molecule has 1 amide bonds. The van der Waals surface area contributed by atoms with Crippen molar-refractivity contribution in [1.82, 2.24) is 10.1 Å². The van der Waals surface area contributed by atoms with Gasteiger partial charge >= 0.3 is 6.01 Å². The molecule has 1 heterocycles. The Kier molecular flexibility index (Phi) is 3.38. The molecule has 0 spiro atoms. The fourth-order valence-electron chi connectivity index (χ4n) is 1.46. The Hall–Kier alpha value is -2.21. The molecule has 0 aliphatic carbocycles. The Morgan fingerprint density at radius 2 is 2.00 bits per heavy atom. The number of carbonyl (C=O) groups is 1. The zero-order valence-corrected chi connectivity index (χ0v) is 10.2. The topological polar surface area (TPSA) is 94.0 Å². The van der Waals surface area contributed by atoms with Crippen molar-refractivity contribution in [2.75, 3.05) is 5.32 Å². The summed E-state index contributed by atoms with van der Waals surface area (Å²) in [5, 5.41) is 6.04. The Labute approximate surface area is 104 Å². The summed E-state index contributed by atoms with van der Waals surface area (Å²) in [5.74, 6) is 0.0664. The number of aryl methyl sites for hydroxylation is 2. The van der Waals surface area contributed by atoms with Crippen LogP contribution in [-0.4, -0.2) is 16.0 Å². The van der Waals surface area contributed by atoms with Gasteiger partial charge in [0.1, 0.15) is 6.04 Å². The van der Waals surface area contributed by atoms with E-state index in [-0.39, 0.29) is 11.9 Å². The zero-order chi connectivity index (χ0) is 13.1. The van der Waals surface area contributed by atoms with E-state index in [1.54, 1.807) is 6.92 Å². The molecule has 1 atom stereocenters. The summed E-state index contributed by atoms with van der Waals surface area (Å²) in [5.41, 5.74) is 7.68. The number of amides is 1. The minimum absolute atomic E-state index is 0.0556. The van der Waals surface area contributed by atoms with Crippen LogP contribution in [0.1, 0.15) is 23.0 Å². The second kappa shape index (κ2) is 4.97. The third-order valence-electron chi connectivity index (χ3n) is 2.48. The van der Waals surface area contributed by atoms with Crippen molar-refractivity contribution in [2.24, 2.45) is 5.73 Å². The predicted octanol–water partition coefficient (Wildman–Crippen LogP) is 1.32. The smallest absolute Gasteiger partial charge is 0.316 e. The molecule has 0 aliphatic rings. The molecule has 0 fully saturated rings. The van der Waals surface area contributed by atoms with Gasteiger partial charge in [0, 0.05) is 0 Å². The van der Waals surface area contributed by atoms with Gasteiger partial charge in [-0.1, -0.05) is 35.0 Å². The number of hydrogen-bond donors (Lipinski definition) is 2. The Morgan fingerprint density at radius 3 is 2.56 bits per heavy atom. The van der Waals surface area contributed by atoms with Gasteiger partial charge in [0.05, 0.1) is 0 Å². The van der Waals surface area contributed by atoms with E-state index in [4.69, 9.17) is 10.3 Å². The first-order valence-corrected chi connectivity index (χ1v) is 5.49. The van der Waals surface area contributed by atoms with E-state index >= 15 is 0 Å². The lowest BCUT2D eigenvalue weighted by atomic mass is 10.1. The second-order valence-electron chi connectivity index (χ2n) is 4.02. The molecule has 1 unspecified atom stereocenters. The maximum absolute atomic E-state index is 11.8. The molecule has 94 valence electrons. The van der Waals surface area contributed by atoms with Gasteiger partial charge in [-0.15, -0.1) is 0 Å². The zero-order valence-electron chi connectivity index (χ0n) is 10.2. The monoisotopic (exact) mass is 246 g/mol. The molecule has 18 heavy (non-hydrogen) atoms. The molecular weight excluding hydrogens is 232 g/mol. The lowest BCUT2D eigenvalue weighted by molar-refractivity contribution is -0.117. The fourth-order valence-corrected chi connectivity index (χ4v) is 1.46. The number of hydrogen-bond acceptors (Lipinski definition) is 5. The number of nitrogens with zero attached hydrogens (tertiary/aromatic N) is 2. The maximum Gasteiger partial charge on any atom is 0.328 e. The highest BCUT2D eigenvalue weighted by molar-refractivity contribution is 5.93. The molecule has 1 aromatic carbocycles. The lowest BCUT2D eigenvalue weighted by Crippen LogP contribution is -2.27. The Morgan fingerprint density at radius 1 is 1.33 bits per heavy atom. The van der Waals surface area contributed by atoms with E-state index in [9.17, 15) is 4.79 Å². The minimum atomic E-state index is -0.766. The van der Waals surface area contributed by atoms with E-state index in [1.165, 1.54) is 0 Å². The number of nitrogens with two attached hydrogens (primary N) is 1. The molecule has 6 nitrogen and oxygen atoms in total. The van der Waals surface area contributed by atoms with Crippen molar-refractivity contribution in [2.45, 2.75) is 19.9 Å². The van der Waals surface area contributed by atoms with Gasteiger partial charge in [0.15, 0.2) is 5.82 Å². The summed E-state index contributed by atoms with van der Waals surface area (Å²) >= 11 is 0. The summed E-state index contributed by atoms with van der Waals surface area (Å²) in [7, 11) is 0. The van der Waals surface area contributed by atoms with Gasteiger partial charge in [-0.25, -0.2) is 0 Å². The van der Waals surface area contributed by atoms with E-state index < -0.39 is 6.04 Å². The molecule has 2 aromatic rings. The molecule has 0 radical (unpaired) electrons. The van der Waals surface area contributed by atoms with Gasteiger partial charge in [-0.2, -0.15) is 4.98 Å². The molecule has 0 saturated heterocycles. The first-order chi connectivity index (χ1) is 8.56. The van der Waals surface area contributed by atoms with Crippen LogP contribution in [0.5, 0.6) is 0 Å². The fraction of sp³-hybridized carbons (Fsp3) is 0.250. The van der Waals surface area contributed by atoms with Crippen molar-refractivity contribution in [3.05, 3.63) is 41.2 Å². The van der Waals surface area contributed by atoms with E-state index in [0.717, 1.165) is 11.1 Å². The third kappa shape index (κ3) is 2.72. The standard InChI is InChI=1S/C12H14N4O2/c1-7-3-5-9(6-4-7)10(13)11(17)15-12-14-8(2)16-18-12/h3-6,10H,13H2,1-2H3,(H,14,15,16,17). The highest BCUT2D eigenvalue weighted by Crippen LogP contribution is 2.13. The average molecular weight is 246 g/mol. The second-order valence-corrected chi connectivity index (χ2v) is 4.02. The molecule has 6 heteroatoms. The van der Waals surface area contributed by atoms with Crippen LogP contribution in [0.4, 0.5) is 6.01 Å². The summed E-state index contributed by atoms with van der Waals surface area (Å²) in [4.78, 5) is 15.7. The van der Waals surface area contributed by atoms with Crippen LogP contribution in [0.15, 0.2) is 28.8 Å². The number of benzene rings is 1. The highest BCUT2D eigenvalue weighted by atomic mass is 16.5. The van der Waals surface area contributed by atoms with E-state index in [0.29, 0.717) is 5.82 Å². The lowest BCUT2D eigenvalue weighted by Gasteiger charge is -2.10. The largest absolute Gasteiger partial charge is 0.328 e. The molecule has 3 N–H and O–H groups in total. The number of aromatic nitrogens is 2. The summed E-state index contributed by atoms with van der Waals surface area (Å²) < 4.78 is 4.79. The quantitative estimate of drug-likeness (QED) is 0.851. The van der Waals surface area contributed by atoms with Crippen LogP contribution in [0.2, 0.25) is 0 Å². The number of carbonyl (C=O) groups excluding carboxylic acids is 1. The van der Waals surface area contributed by atoms with Crippen molar-refractivity contribution < 1.29 is 9.32 Å². The number of anilines is 1. The number of rotatable bonds is 3. The van der Waals surface area contributed by atoms with Gasteiger partial charge in [-0.3, -0.25) is 10.1 Å². The van der Waals surface area contributed by atoms with Crippen molar-refractivity contribution in [3.63, 3.8) is 0 Å². The van der Waals surface area contributed by atoms with Crippen molar-refractivity contribution in [1.29, 1.82) is 0 Å². The average Bonchev–Trinajstić information content (AvgIpc) is 2.75. The normalized spacial score (nSPS) is 12.2. The third-order valence-corrected chi connectivity index (χ3v) is 2.48. The van der Waals surface area contributed by atoms with Gasteiger partial charge in [-0.05, 0) is 19.4 Å². The molecule has 0 bridgehead atoms. The van der Waals surface area contributed by atoms with Crippen molar-refractivity contribution in [3.8, 4) is 0 Å². The summed E-state index contributed by atoms with van der Waals surface area (Å²) in [6.45, 7) is 3.63. The Balaban J connectivity index is 2.07. The summed E-state index contributed by atoms with van der Waals surface area (Å²) in [6.07, 6.45) is 0. The number of nitrogens with one attached hydrogen (secondary N) is 1. The molecule has 0 saturated carbocycles. The van der Waals surface area contributed by atoms with Crippen molar-refractivity contribution >= 4 is 11.9 Å². The molecule has 0 aliphatic heterocycles. The minimum Gasteiger partial charge on any atom is -0.316 e. The van der Waals surface area contributed by atoms with E-state index in [1.807, 2.05) is 31.2 Å². The van der Waals surface area contributed by atoms with Gasteiger partial charge in [0.2, 0.25) is 5.91 Å².